The number of amides is 3. The summed E-state index contributed by atoms with van der Waals surface area (Å²) in [5.41, 5.74) is 8.56. The van der Waals surface area contributed by atoms with E-state index >= 15 is 0 Å². The molecule has 154 valence electrons. The third-order valence-electron chi connectivity index (χ3n) is 5.12. The first kappa shape index (κ1) is 20.6. The van der Waals surface area contributed by atoms with Gasteiger partial charge in [0.05, 0.1) is 0 Å². The Morgan fingerprint density at radius 2 is 1.69 bits per heavy atom. The maximum atomic E-state index is 12.6. The van der Waals surface area contributed by atoms with Crippen LogP contribution in [0.4, 0.5) is 0 Å². The summed E-state index contributed by atoms with van der Waals surface area (Å²) in [5, 5.41) is 9.73. The van der Waals surface area contributed by atoms with Crippen LogP contribution in [-0.4, -0.2) is 34.0 Å². The first-order valence-electron chi connectivity index (χ1n) is 9.90. The Labute approximate surface area is 169 Å². The summed E-state index contributed by atoms with van der Waals surface area (Å²) in [4.78, 5) is 37.5. The van der Waals surface area contributed by atoms with Crippen LogP contribution in [0.5, 0.6) is 0 Å². The summed E-state index contributed by atoms with van der Waals surface area (Å²) < 4.78 is 0. The third kappa shape index (κ3) is 4.82. The Morgan fingerprint density at radius 3 is 2.38 bits per heavy atom. The van der Waals surface area contributed by atoms with Gasteiger partial charge in [-0.25, -0.2) is 0 Å². The third-order valence-corrected chi connectivity index (χ3v) is 5.12. The van der Waals surface area contributed by atoms with E-state index in [0.717, 1.165) is 42.5 Å². The molecular formula is C21H27N5O3. The molecule has 0 bridgehead atoms. The fourth-order valence-electron chi connectivity index (χ4n) is 3.39. The van der Waals surface area contributed by atoms with Crippen LogP contribution in [0.1, 0.15) is 64.4 Å². The predicted octanol–water partition coefficient (Wildman–Crippen LogP) is 1.81. The van der Waals surface area contributed by atoms with E-state index in [9.17, 15) is 14.4 Å². The van der Waals surface area contributed by atoms with Gasteiger partial charge in [-0.2, -0.15) is 5.10 Å². The van der Waals surface area contributed by atoms with Crippen molar-refractivity contribution in [2.24, 2.45) is 5.92 Å². The highest BCUT2D eigenvalue weighted by Gasteiger charge is 2.26. The van der Waals surface area contributed by atoms with E-state index in [4.69, 9.17) is 0 Å². The summed E-state index contributed by atoms with van der Waals surface area (Å²) in [6, 6.07) is 6.30. The van der Waals surface area contributed by atoms with Gasteiger partial charge in [0.2, 0.25) is 0 Å². The first-order valence-corrected chi connectivity index (χ1v) is 9.90. The smallest absolute Gasteiger partial charge is 0.290 e. The Kier molecular flexibility index (Phi) is 6.31. The van der Waals surface area contributed by atoms with Gasteiger partial charge < -0.3 is 5.32 Å². The van der Waals surface area contributed by atoms with Gasteiger partial charge in [0.1, 0.15) is 6.04 Å². The molecule has 1 aliphatic carbocycles. The number of hydrogen-bond acceptors (Lipinski definition) is 4. The molecule has 1 aromatic carbocycles. The summed E-state index contributed by atoms with van der Waals surface area (Å²) in [5.74, 6) is -1.46. The van der Waals surface area contributed by atoms with Crippen LogP contribution in [0.3, 0.4) is 0 Å². The first-order chi connectivity index (χ1) is 13.9. The van der Waals surface area contributed by atoms with Gasteiger partial charge in [-0.1, -0.05) is 31.5 Å². The molecule has 1 aliphatic rings. The predicted molar refractivity (Wildman–Crippen MR) is 108 cm³/mol. The summed E-state index contributed by atoms with van der Waals surface area (Å²) in [6.07, 6.45) is 3.76. The molecule has 8 nitrogen and oxygen atoms in total. The van der Waals surface area contributed by atoms with Crippen LogP contribution in [0.2, 0.25) is 0 Å². The maximum Gasteiger partial charge on any atom is 0.290 e. The summed E-state index contributed by atoms with van der Waals surface area (Å²) >= 11 is 0. The van der Waals surface area contributed by atoms with Gasteiger partial charge in [-0.15, -0.1) is 0 Å². The molecule has 8 heteroatoms. The van der Waals surface area contributed by atoms with Crippen molar-refractivity contribution in [3.63, 3.8) is 0 Å². The number of fused-ring (bicyclic) bond motifs is 1. The molecule has 0 fully saturated rings. The van der Waals surface area contributed by atoms with Crippen LogP contribution in [0.15, 0.2) is 24.3 Å². The number of aryl methyl sites for hydroxylation is 2. The number of hydrogen-bond donors (Lipinski definition) is 4. The highest BCUT2D eigenvalue weighted by Crippen LogP contribution is 2.21. The Bertz CT molecular complexity index is 902. The number of carbonyl (C=O) groups excluding carboxylic acids is 3. The number of nitrogens with zero attached hydrogens (tertiary/aromatic N) is 1. The van der Waals surface area contributed by atoms with Gasteiger partial charge >= 0.3 is 0 Å². The quantitative estimate of drug-likeness (QED) is 0.576. The monoisotopic (exact) mass is 397 g/mol. The molecule has 0 spiro atoms. The average molecular weight is 397 g/mol. The zero-order chi connectivity index (χ0) is 21.0. The van der Waals surface area contributed by atoms with E-state index in [-0.39, 0.29) is 11.8 Å². The van der Waals surface area contributed by atoms with Crippen molar-refractivity contribution in [2.75, 3.05) is 0 Å². The lowest BCUT2D eigenvalue weighted by atomic mass is 9.96. The van der Waals surface area contributed by atoms with Crippen molar-refractivity contribution in [3.05, 3.63) is 52.3 Å². The number of benzene rings is 1. The maximum absolute atomic E-state index is 12.6. The zero-order valence-corrected chi connectivity index (χ0v) is 17.0. The van der Waals surface area contributed by atoms with Crippen molar-refractivity contribution in [1.29, 1.82) is 0 Å². The minimum Gasteiger partial charge on any atom is -0.340 e. The largest absolute Gasteiger partial charge is 0.340 e. The topological polar surface area (TPSA) is 116 Å². The Hall–Kier alpha value is -3.16. The second-order valence-corrected chi connectivity index (χ2v) is 7.74. The standard InChI is InChI=1S/C21H27N5O3/c1-12(2)17(22-19(27)14-10-8-13(3)9-11-14)20(28)25-26-21(29)18-15-6-4-5-7-16(15)23-24-18/h8-12,17H,4-7H2,1-3H3,(H,22,27)(H,23,24)(H,25,28)(H,26,29). The van der Waals surface area contributed by atoms with Gasteiger partial charge in [0.25, 0.3) is 17.7 Å². The van der Waals surface area contributed by atoms with Gasteiger partial charge in [0.15, 0.2) is 5.69 Å². The van der Waals surface area contributed by atoms with Gasteiger partial charge in [0, 0.05) is 16.8 Å². The molecule has 1 aromatic heterocycles. The lowest BCUT2D eigenvalue weighted by Gasteiger charge is -2.22. The zero-order valence-electron chi connectivity index (χ0n) is 17.0. The molecule has 2 aromatic rings. The number of rotatable bonds is 5. The van der Waals surface area contributed by atoms with E-state index < -0.39 is 17.9 Å². The minimum absolute atomic E-state index is 0.167. The lowest BCUT2D eigenvalue weighted by molar-refractivity contribution is -0.124. The van der Waals surface area contributed by atoms with E-state index in [2.05, 4.69) is 26.4 Å². The Morgan fingerprint density at radius 1 is 1.00 bits per heavy atom. The normalized spacial score (nSPS) is 14.1. The van der Waals surface area contributed by atoms with Crippen molar-refractivity contribution in [3.8, 4) is 0 Å². The number of H-pyrrole nitrogens is 1. The van der Waals surface area contributed by atoms with Crippen LogP contribution in [-0.2, 0) is 17.6 Å². The molecule has 3 rings (SSSR count). The molecule has 0 aliphatic heterocycles. The van der Waals surface area contributed by atoms with E-state index in [1.54, 1.807) is 12.1 Å². The molecular weight excluding hydrogens is 370 g/mol. The lowest BCUT2D eigenvalue weighted by Crippen LogP contribution is -2.54. The summed E-state index contributed by atoms with van der Waals surface area (Å²) in [7, 11) is 0. The molecule has 0 saturated heterocycles. The summed E-state index contributed by atoms with van der Waals surface area (Å²) in [6.45, 7) is 5.59. The highest BCUT2D eigenvalue weighted by atomic mass is 16.2. The number of nitrogens with one attached hydrogen (secondary N) is 4. The van der Waals surface area contributed by atoms with E-state index in [1.807, 2.05) is 32.9 Å². The number of hydrazine groups is 1. The molecule has 0 saturated carbocycles. The average Bonchev–Trinajstić information content (AvgIpc) is 3.14. The van der Waals surface area contributed by atoms with Crippen molar-refractivity contribution in [1.82, 2.24) is 26.4 Å². The SMILES string of the molecule is Cc1ccc(C(=O)NC(C(=O)NNC(=O)c2n[nH]c3c2CCCC3)C(C)C)cc1. The Balaban J connectivity index is 1.61. The molecule has 1 unspecified atom stereocenters. The van der Waals surface area contributed by atoms with E-state index in [1.165, 1.54) is 0 Å². The molecule has 1 heterocycles. The van der Waals surface area contributed by atoms with Crippen LogP contribution < -0.4 is 16.2 Å². The van der Waals surface area contributed by atoms with Crippen LogP contribution in [0, 0.1) is 12.8 Å². The highest BCUT2D eigenvalue weighted by molar-refractivity contribution is 5.99. The molecule has 29 heavy (non-hydrogen) atoms. The second kappa shape index (κ2) is 8.89. The molecule has 1 atom stereocenters. The number of carbonyl (C=O) groups is 3. The molecule has 0 radical (unpaired) electrons. The van der Waals surface area contributed by atoms with Crippen LogP contribution in [0.25, 0.3) is 0 Å². The fourth-order valence-corrected chi connectivity index (χ4v) is 3.39. The van der Waals surface area contributed by atoms with Crippen molar-refractivity contribution in [2.45, 2.75) is 52.5 Å². The van der Waals surface area contributed by atoms with Crippen LogP contribution >= 0.6 is 0 Å². The number of aromatic amines is 1. The van der Waals surface area contributed by atoms with Crippen molar-refractivity contribution < 1.29 is 14.4 Å². The van der Waals surface area contributed by atoms with Crippen molar-refractivity contribution >= 4 is 17.7 Å². The minimum atomic E-state index is -0.794. The fraction of sp³-hybridized carbons (Fsp3) is 0.429. The van der Waals surface area contributed by atoms with E-state index in [0.29, 0.717) is 11.3 Å². The molecule has 4 N–H and O–H groups in total. The molecule has 3 amide bonds. The number of aromatic nitrogens is 2. The van der Waals surface area contributed by atoms with Gasteiger partial charge in [-0.3, -0.25) is 30.3 Å². The van der Waals surface area contributed by atoms with Gasteiger partial charge in [-0.05, 0) is 50.7 Å². The second-order valence-electron chi connectivity index (χ2n) is 7.74.